The number of benzene rings is 3. The van der Waals surface area contributed by atoms with E-state index in [2.05, 4.69) is 0 Å². The number of hydrogen-bond donors (Lipinski definition) is 0. The third-order valence-corrected chi connectivity index (χ3v) is 8.85. The summed E-state index contributed by atoms with van der Waals surface area (Å²) in [5.41, 5.74) is 0.287. The SMILES string of the molecule is CN(C)C(C)(C)c1ccc(N2CCC(N(OC=O)S(=O)(=O)c3ccc4cc(Cl)ccc4c3)C2=O)c(F)c1. The van der Waals surface area contributed by atoms with Crippen LogP contribution in [0.3, 0.4) is 0 Å². The number of rotatable bonds is 8. The summed E-state index contributed by atoms with van der Waals surface area (Å²) in [5, 5.41) is 1.81. The standard InChI is InChI=1S/C26H27ClFN3O5S/c1-26(2,29(3)4)19-7-10-23(22(28)15-19)30-12-11-24(25(30)33)31(36-16-32)37(34,35)21-9-6-17-13-20(27)8-5-18(17)14-21/h5-10,13-16,24H,11-12H2,1-4H3. The van der Waals surface area contributed by atoms with Crippen LogP contribution in [-0.2, 0) is 30.0 Å². The average Bonchev–Trinajstić information content (AvgIpc) is 3.22. The van der Waals surface area contributed by atoms with Crippen molar-refractivity contribution in [3.05, 3.63) is 71.0 Å². The molecular formula is C26H27ClFN3O5S. The average molecular weight is 548 g/mol. The zero-order valence-corrected chi connectivity index (χ0v) is 22.4. The number of hydroxylamine groups is 1. The van der Waals surface area contributed by atoms with Gasteiger partial charge in [0.1, 0.15) is 11.9 Å². The van der Waals surface area contributed by atoms with Gasteiger partial charge in [0.2, 0.25) is 5.91 Å². The topological polar surface area (TPSA) is 87.2 Å². The third-order valence-electron chi connectivity index (χ3n) is 6.95. The van der Waals surface area contributed by atoms with Crippen LogP contribution in [0, 0.1) is 5.82 Å². The van der Waals surface area contributed by atoms with Crippen LogP contribution in [0.15, 0.2) is 59.5 Å². The molecule has 1 amide bonds. The Hall–Kier alpha value is -3.05. The monoisotopic (exact) mass is 547 g/mol. The number of anilines is 1. The molecule has 1 unspecified atom stereocenters. The Morgan fingerprint density at radius 3 is 2.41 bits per heavy atom. The second-order valence-corrected chi connectivity index (χ2v) is 11.7. The van der Waals surface area contributed by atoms with E-state index in [-0.39, 0.29) is 30.0 Å². The number of sulfonamides is 1. The Balaban J connectivity index is 1.65. The summed E-state index contributed by atoms with van der Waals surface area (Å²) < 4.78 is 42.5. The van der Waals surface area contributed by atoms with E-state index in [1.54, 1.807) is 30.3 Å². The molecule has 1 aliphatic heterocycles. The van der Waals surface area contributed by atoms with Gasteiger partial charge in [-0.2, -0.15) is 0 Å². The van der Waals surface area contributed by atoms with Crippen LogP contribution in [0.1, 0.15) is 25.8 Å². The Morgan fingerprint density at radius 1 is 1.08 bits per heavy atom. The fourth-order valence-electron chi connectivity index (χ4n) is 4.26. The van der Waals surface area contributed by atoms with Crippen LogP contribution in [-0.4, -0.2) is 56.8 Å². The molecule has 1 heterocycles. The van der Waals surface area contributed by atoms with E-state index in [0.29, 0.717) is 25.8 Å². The molecule has 0 radical (unpaired) electrons. The van der Waals surface area contributed by atoms with E-state index in [4.69, 9.17) is 16.4 Å². The minimum atomic E-state index is -4.43. The van der Waals surface area contributed by atoms with Gasteiger partial charge in [-0.05, 0) is 91.6 Å². The quantitative estimate of drug-likeness (QED) is 0.308. The largest absolute Gasteiger partial charge is 0.355 e. The molecule has 196 valence electrons. The normalized spacial score (nSPS) is 16.7. The van der Waals surface area contributed by atoms with Crippen LogP contribution in [0.4, 0.5) is 10.1 Å². The van der Waals surface area contributed by atoms with Gasteiger partial charge in [-0.15, -0.1) is 0 Å². The first kappa shape index (κ1) is 27.0. The lowest BCUT2D eigenvalue weighted by molar-refractivity contribution is -0.160. The number of fused-ring (bicyclic) bond motifs is 1. The molecule has 8 nitrogen and oxygen atoms in total. The van der Waals surface area contributed by atoms with E-state index in [9.17, 15) is 18.0 Å². The number of halogens is 2. The highest BCUT2D eigenvalue weighted by molar-refractivity contribution is 7.89. The molecule has 3 aromatic rings. The minimum absolute atomic E-state index is 0.000521. The summed E-state index contributed by atoms with van der Waals surface area (Å²) in [7, 11) is -0.668. The van der Waals surface area contributed by atoms with Crippen molar-refractivity contribution in [1.82, 2.24) is 9.37 Å². The van der Waals surface area contributed by atoms with Gasteiger partial charge in [0.05, 0.1) is 10.6 Å². The molecule has 1 saturated heterocycles. The van der Waals surface area contributed by atoms with E-state index < -0.39 is 33.3 Å². The lowest BCUT2D eigenvalue weighted by Crippen LogP contribution is -2.45. The van der Waals surface area contributed by atoms with Gasteiger partial charge in [-0.25, -0.2) is 12.8 Å². The third kappa shape index (κ3) is 4.94. The molecule has 0 spiro atoms. The maximum atomic E-state index is 15.2. The predicted molar refractivity (Wildman–Crippen MR) is 139 cm³/mol. The van der Waals surface area contributed by atoms with Crippen molar-refractivity contribution in [3.8, 4) is 0 Å². The smallest absolute Gasteiger partial charge is 0.314 e. The van der Waals surface area contributed by atoms with Gasteiger partial charge >= 0.3 is 6.47 Å². The summed E-state index contributed by atoms with van der Waals surface area (Å²) >= 11 is 6.01. The summed E-state index contributed by atoms with van der Waals surface area (Å²) in [6.45, 7) is 3.88. The fourth-order valence-corrected chi connectivity index (χ4v) is 5.85. The zero-order valence-electron chi connectivity index (χ0n) is 20.8. The van der Waals surface area contributed by atoms with Crippen molar-refractivity contribution < 1.29 is 27.2 Å². The van der Waals surface area contributed by atoms with Gasteiger partial charge in [0.25, 0.3) is 10.0 Å². The molecule has 0 N–H and O–H groups in total. The van der Waals surface area contributed by atoms with Crippen molar-refractivity contribution in [1.29, 1.82) is 0 Å². The molecule has 4 rings (SSSR count). The Labute approximate surface area is 220 Å². The Morgan fingerprint density at radius 2 is 1.76 bits per heavy atom. The minimum Gasteiger partial charge on any atom is -0.355 e. The van der Waals surface area contributed by atoms with Crippen LogP contribution in [0.5, 0.6) is 0 Å². The summed E-state index contributed by atoms with van der Waals surface area (Å²) in [4.78, 5) is 32.4. The van der Waals surface area contributed by atoms with Gasteiger partial charge in [-0.1, -0.05) is 29.8 Å². The molecule has 11 heteroatoms. The first-order valence-electron chi connectivity index (χ1n) is 11.5. The predicted octanol–water partition coefficient (Wildman–Crippen LogP) is 4.31. The highest BCUT2D eigenvalue weighted by Crippen LogP contribution is 2.34. The Bertz CT molecular complexity index is 1480. The maximum absolute atomic E-state index is 15.2. The van der Waals surface area contributed by atoms with Crippen molar-refractivity contribution in [2.24, 2.45) is 0 Å². The number of nitrogens with zero attached hydrogens (tertiary/aromatic N) is 3. The lowest BCUT2D eigenvalue weighted by atomic mass is 9.92. The van der Waals surface area contributed by atoms with Gasteiger partial charge in [0.15, 0.2) is 0 Å². The molecule has 0 saturated carbocycles. The second kappa shape index (κ2) is 10.0. The lowest BCUT2D eigenvalue weighted by Gasteiger charge is -2.33. The van der Waals surface area contributed by atoms with Crippen LogP contribution in [0.2, 0.25) is 5.02 Å². The highest BCUT2D eigenvalue weighted by atomic mass is 35.5. The molecular weight excluding hydrogens is 521 g/mol. The number of hydrogen-bond acceptors (Lipinski definition) is 6. The first-order valence-corrected chi connectivity index (χ1v) is 13.3. The van der Waals surface area contributed by atoms with Crippen LogP contribution >= 0.6 is 11.6 Å². The molecule has 3 aromatic carbocycles. The molecule has 0 aliphatic carbocycles. The van der Waals surface area contributed by atoms with E-state index in [0.717, 1.165) is 0 Å². The molecule has 1 atom stereocenters. The molecule has 0 bridgehead atoms. The summed E-state index contributed by atoms with van der Waals surface area (Å²) in [5.74, 6) is -1.31. The molecule has 1 aliphatic rings. The maximum Gasteiger partial charge on any atom is 0.314 e. The zero-order chi connectivity index (χ0) is 27.1. The van der Waals surface area contributed by atoms with Crippen molar-refractivity contribution >= 4 is 50.5 Å². The summed E-state index contributed by atoms with van der Waals surface area (Å²) in [6.07, 6.45) is -0.000521. The van der Waals surface area contributed by atoms with E-state index in [1.807, 2.05) is 32.8 Å². The Kier molecular flexibility index (Phi) is 7.31. The summed E-state index contributed by atoms with van der Waals surface area (Å²) in [6, 6.07) is 12.5. The molecule has 37 heavy (non-hydrogen) atoms. The first-order chi connectivity index (χ1) is 17.4. The molecule has 1 fully saturated rings. The number of amides is 1. The van der Waals surface area contributed by atoms with E-state index >= 15 is 4.39 Å². The number of carbonyl (C=O) groups excluding carboxylic acids is 2. The fraction of sp³-hybridized carbons (Fsp3) is 0.308. The number of carbonyl (C=O) groups is 2. The van der Waals surface area contributed by atoms with Crippen LogP contribution in [0.25, 0.3) is 10.8 Å². The van der Waals surface area contributed by atoms with Crippen molar-refractivity contribution in [3.63, 3.8) is 0 Å². The van der Waals surface area contributed by atoms with Crippen molar-refractivity contribution in [2.75, 3.05) is 25.5 Å². The second-order valence-electron chi connectivity index (χ2n) is 9.53. The van der Waals surface area contributed by atoms with E-state index in [1.165, 1.54) is 29.2 Å². The highest BCUT2D eigenvalue weighted by Gasteiger charge is 2.45. The van der Waals surface area contributed by atoms with Gasteiger partial charge < -0.3 is 14.6 Å². The van der Waals surface area contributed by atoms with Crippen LogP contribution < -0.4 is 4.90 Å². The van der Waals surface area contributed by atoms with Crippen molar-refractivity contribution in [2.45, 2.75) is 36.7 Å². The van der Waals surface area contributed by atoms with Gasteiger partial charge in [-0.3, -0.25) is 9.59 Å². The molecule has 0 aromatic heterocycles. The van der Waals surface area contributed by atoms with Gasteiger partial charge in [0, 0.05) is 17.1 Å².